The average Bonchev–Trinajstić information content (AvgIpc) is 3.19. The molecular weight excluding hydrogens is 404 g/mol. The number of aromatic nitrogens is 3. The quantitative estimate of drug-likeness (QED) is 0.358. The van der Waals surface area contributed by atoms with E-state index in [0.29, 0.717) is 35.0 Å². The lowest BCUT2D eigenvalue weighted by molar-refractivity contribution is -0.115. The summed E-state index contributed by atoms with van der Waals surface area (Å²) in [5.74, 6) is 0.105. The van der Waals surface area contributed by atoms with Gasteiger partial charge in [-0.05, 0) is 36.8 Å². The minimum atomic E-state index is -0.622. The summed E-state index contributed by atoms with van der Waals surface area (Å²) in [6.45, 7) is 1.99. The van der Waals surface area contributed by atoms with Crippen LogP contribution in [0.4, 0.5) is 17.3 Å². The molecule has 8 heteroatoms. The van der Waals surface area contributed by atoms with E-state index in [1.165, 1.54) is 0 Å². The highest BCUT2D eigenvalue weighted by molar-refractivity contribution is 6.04. The molecule has 0 unspecified atom stereocenters. The molecule has 0 aliphatic rings. The second kappa shape index (κ2) is 9.13. The first-order chi connectivity index (χ1) is 15.5. The number of rotatable bonds is 7. The average molecular weight is 426 g/mol. The van der Waals surface area contributed by atoms with Gasteiger partial charge in [-0.1, -0.05) is 48.0 Å². The molecule has 2 amide bonds. The molecule has 5 N–H and O–H groups in total. The van der Waals surface area contributed by atoms with Gasteiger partial charge in [-0.2, -0.15) is 5.10 Å². The van der Waals surface area contributed by atoms with Crippen LogP contribution in [0.2, 0.25) is 0 Å². The predicted molar refractivity (Wildman–Crippen MR) is 124 cm³/mol. The van der Waals surface area contributed by atoms with Crippen LogP contribution in [-0.2, 0) is 11.2 Å². The summed E-state index contributed by atoms with van der Waals surface area (Å²) in [7, 11) is 0. The van der Waals surface area contributed by atoms with Crippen LogP contribution in [0, 0.1) is 6.92 Å². The second-order valence-electron chi connectivity index (χ2n) is 7.32. The molecule has 2 aromatic heterocycles. The first-order valence-electron chi connectivity index (χ1n) is 10.0. The number of hydrogen-bond acceptors (Lipinski definition) is 5. The molecule has 0 aliphatic heterocycles. The van der Waals surface area contributed by atoms with Crippen LogP contribution in [0.3, 0.4) is 0 Å². The van der Waals surface area contributed by atoms with Gasteiger partial charge in [0, 0.05) is 17.4 Å². The molecule has 0 spiro atoms. The molecule has 0 atom stereocenters. The van der Waals surface area contributed by atoms with E-state index in [1.807, 2.05) is 37.3 Å². The van der Waals surface area contributed by atoms with E-state index in [1.54, 1.807) is 42.6 Å². The van der Waals surface area contributed by atoms with Gasteiger partial charge in [0.1, 0.15) is 11.4 Å². The summed E-state index contributed by atoms with van der Waals surface area (Å²) >= 11 is 0. The number of nitrogens with zero attached hydrogens (tertiary/aromatic N) is 2. The fraction of sp³-hybridized carbons (Fsp3) is 0.0833. The maximum absolute atomic E-state index is 12.4. The number of primary amides is 1. The molecule has 0 aliphatic carbocycles. The van der Waals surface area contributed by atoms with E-state index in [-0.39, 0.29) is 11.5 Å². The Labute approximate surface area is 184 Å². The number of anilines is 3. The number of pyridine rings is 1. The van der Waals surface area contributed by atoms with Crippen molar-refractivity contribution in [3.63, 3.8) is 0 Å². The van der Waals surface area contributed by atoms with Crippen LogP contribution >= 0.6 is 0 Å². The molecule has 2 aromatic carbocycles. The van der Waals surface area contributed by atoms with Gasteiger partial charge in [-0.25, -0.2) is 4.98 Å². The Balaban J connectivity index is 1.50. The van der Waals surface area contributed by atoms with Crippen LogP contribution in [0.5, 0.6) is 0 Å². The third-order valence-corrected chi connectivity index (χ3v) is 4.83. The summed E-state index contributed by atoms with van der Waals surface area (Å²) in [6, 6.07) is 20.3. The Bertz CT molecular complexity index is 1250. The van der Waals surface area contributed by atoms with Crippen molar-refractivity contribution in [2.45, 2.75) is 13.3 Å². The number of nitrogens with two attached hydrogens (primary N) is 1. The monoisotopic (exact) mass is 426 g/mol. The summed E-state index contributed by atoms with van der Waals surface area (Å²) in [4.78, 5) is 28.7. The summed E-state index contributed by atoms with van der Waals surface area (Å²) in [5.41, 5.74) is 9.75. The lowest BCUT2D eigenvalue weighted by Crippen LogP contribution is -2.14. The van der Waals surface area contributed by atoms with E-state index in [0.717, 1.165) is 11.1 Å². The van der Waals surface area contributed by atoms with Gasteiger partial charge < -0.3 is 16.4 Å². The van der Waals surface area contributed by atoms with Gasteiger partial charge in [-0.3, -0.25) is 14.7 Å². The zero-order chi connectivity index (χ0) is 22.5. The number of amides is 2. The van der Waals surface area contributed by atoms with Crippen molar-refractivity contribution in [3.05, 3.63) is 89.6 Å². The fourth-order valence-electron chi connectivity index (χ4n) is 3.37. The summed E-state index contributed by atoms with van der Waals surface area (Å²) < 4.78 is 0. The maximum atomic E-state index is 12.4. The highest BCUT2D eigenvalue weighted by Gasteiger charge is 2.20. The number of carbonyl (C=O) groups is 2. The lowest BCUT2D eigenvalue weighted by Gasteiger charge is -2.08. The Morgan fingerprint density at radius 1 is 1.03 bits per heavy atom. The Hall–Kier alpha value is -4.46. The predicted octanol–water partition coefficient (Wildman–Crippen LogP) is 3.80. The van der Waals surface area contributed by atoms with E-state index < -0.39 is 5.91 Å². The molecular formula is C24H22N6O2. The van der Waals surface area contributed by atoms with Gasteiger partial charge in [-0.15, -0.1) is 0 Å². The van der Waals surface area contributed by atoms with Crippen LogP contribution < -0.4 is 16.4 Å². The van der Waals surface area contributed by atoms with Crippen molar-refractivity contribution in [1.29, 1.82) is 0 Å². The summed E-state index contributed by atoms with van der Waals surface area (Å²) in [5, 5.41) is 12.9. The Morgan fingerprint density at radius 3 is 2.53 bits per heavy atom. The topological polar surface area (TPSA) is 126 Å². The third-order valence-electron chi connectivity index (χ3n) is 4.83. The first kappa shape index (κ1) is 20.8. The Morgan fingerprint density at radius 2 is 1.84 bits per heavy atom. The molecule has 0 radical (unpaired) electrons. The molecule has 2 heterocycles. The molecule has 32 heavy (non-hydrogen) atoms. The molecule has 4 rings (SSSR count). The third kappa shape index (κ3) is 4.81. The number of H-pyrrole nitrogens is 1. The van der Waals surface area contributed by atoms with Gasteiger partial charge in [0.05, 0.1) is 12.1 Å². The van der Waals surface area contributed by atoms with Gasteiger partial charge in [0.15, 0.2) is 5.82 Å². The molecule has 0 bridgehead atoms. The van der Waals surface area contributed by atoms with E-state index in [2.05, 4.69) is 25.8 Å². The van der Waals surface area contributed by atoms with Crippen molar-refractivity contribution in [3.8, 4) is 11.3 Å². The molecule has 4 aromatic rings. The standard InChI is InChI=1S/C24H22N6O2/c1-15-5-4-6-16(13-15)14-20(31)27-18-10-8-17(9-11-18)22-21(23(25)32)24(30-29-22)28-19-7-2-3-12-26-19/h2-13H,14H2,1H3,(H2,25,32)(H,27,31)(H2,26,28,29,30). The SMILES string of the molecule is Cc1cccc(CC(=O)Nc2ccc(-c3[nH]nc(Nc4ccccn4)c3C(N)=O)cc2)c1. The number of benzene rings is 2. The normalized spacial score (nSPS) is 10.5. The Kier molecular flexibility index (Phi) is 5.94. The molecule has 0 fully saturated rings. The van der Waals surface area contributed by atoms with Crippen molar-refractivity contribution in [2.24, 2.45) is 5.73 Å². The maximum Gasteiger partial charge on any atom is 0.254 e. The van der Waals surface area contributed by atoms with Crippen molar-refractivity contribution in [1.82, 2.24) is 15.2 Å². The highest BCUT2D eigenvalue weighted by Crippen LogP contribution is 2.29. The van der Waals surface area contributed by atoms with Gasteiger partial charge >= 0.3 is 0 Å². The zero-order valence-corrected chi connectivity index (χ0v) is 17.4. The number of carbonyl (C=O) groups excluding carboxylic acids is 2. The molecule has 8 nitrogen and oxygen atoms in total. The summed E-state index contributed by atoms with van der Waals surface area (Å²) in [6.07, 6.45) is 1.92. The number of nitrogens with one attached hydrogen (secondary N) is 3. The van der Waals surface area contributed by atoms with Crippen molar-refractivity contribution >= 4 is 29.1 Å². The van der Waals surface area contributed by atoms with Crippen LogP contribution in [0.25, 0.3) is 11.3 Å². The number of aryl methyl sites for hydroxylation is 1. The minimum Gasteiger partial charge on any atom is -0.365 e. The number of aromatic amines is 1. The zero-order valence-electron chi connectivity index (χ0n) is 17.4. The fourth-order valence-corrected chi connectivity index (χ4v) is 3.37. The highest BCUT2D eigenvalue weighted by atomic mass is 16.2. The smallest absolute Gasteiger partial charge is 0.254 e. The van der Waals surface area contributed by atoms with Gasteiger partial charge in [0.2, 0.25) is 5.91 Å². The molecule has 160 valence electrons. The van der Waals surface area contributed by atoms with E-state index in [9.17, 15) is 9.59 Å². The first-order valence-corrected chi connectivity index (χ1v) is 10.0. The minimum absolute atomic E-state index is 0.107. The second-order valence-corrected chi connectivity index (χ2v) is 7.32. The van der Waals surface area contributed by atoms with Crippen molar-refractivity contribution < 1.29 is 9.59 Å². The molecule has 0 saturated heterocycles. The van der Waals surface area contributed by atoms with E-state index in [4.69, 9.17) is 5.73 Å². The molecule has 0 saturated carbocycles. The van der Waals surface area contributed by atoms with E-state index >= 15 is 0 Å². The van der Waals surface area contributed by atoms with Crippen molar-refractivity contribution in [2.75, 3.05) is 10.6 Å². The lowest BCUT2D eigenvalue weighted by atomic mass is 10.1. The largest absolute Gasteiger partial charge is 0.365 e. The van der Waals surface area contributed by atoms with Crippen LogP contribution in [0.1, 0.15) is 21.5 Å². The number of hydrogen-bond donors (Lipinski definition) is 4. The van der Waals surface area contributed by atoms with Crippen LogP contribution in [-0.4, -0.2) is 27.0 Å². The van der Waals surface area contributed by atoms with Gasteiger partial charge in [0.25, 0.3) is 5.91 Å². The van der Waals surface area contributed by atoms with Crippen LogP contribution in [0.15, 0.2) is 72.9 Å².